The van der Waals surface area contributed by atoms with E-state index in [-0.39, 0.29) is 11.9 Å². The van der Waals surface area contributed by atoms with Crippen molar-refractivity contribution in [2.45, 2.75) is 12.5 Å². The van der Waals surface area contributed by atoms with Crippen LogP contribution in [0.15, 0.2) is 35.9 Å². The third-order valence-corrected chi connectivity index (χ3v) is 2.68. The van der Waals surface area contributed by atoms with Crippen molar-refractivity contribution in [2.24, 2.45) is 0 Å². The highest BCUT2D eigenvalue weighted by molar-refractivity contribution is 6.29. The van der Waals surface area contributed by atoms with Crippen LogP contribution in [0.4, 0.5) is 5.69 Å². The van der Waals surface area contributed by atoms with Gasteiger partial charge in [0.25, 0.3) is 0 Å². The van der Waals surface area contributed by atoms with Crippen molar-refractivity contribution < 1.29 is 4.79 Å². The molecular weight excluding hydrogens is 224 g/mol. The maximum atomic E-state index is 11.7. The largest absolute Gasteiger partial charge is 0.373 e. The molecule has 1 amide bonds. The first-order chi connectivity index (χ1) is 7.66. The molecule has 3 nitrogen and oxygen atoms in total. The summed E-state index contributed by atoms with van der Waals surface area (Å²) in [5.41, 5.74) is 2.21. The van der Waals surface area contributed by atoms with E-state index in [1.54, 1.807) is 0 Å². The molecule has 1 aromatic rings. The second-order valence-corrected chi connectivity index (χ2v) is 4.33. The number of nitrogens with one attached hydrogen (secondary N) is 2. The van der Waals surface area contributed by atoms with E-state index in [0.717, 1.165) is 12.1 Å². The van der Waals surface area contributed by atoms with Crippen LogP contribution in [0, 0.1) is 0 Å². The highest BCUT2D eigenvalue weighted by Crippen LogP contribution is 2.24. The van der Waals surface area contributed by atoms with E-state index in [1.807, 2.05) is 24.3 Å². The summed E-state index contributed by atoms with van der Waals surface area (Å²) in [4.78, 5) is 11.7. The molecule has 1 aromatic carbocycles. The summed E-state index contributed by atoms with van der Waals surface area (Å²) >= 11 is 5.59. The summed E-state index contributed by atoms with van der Waals surface area (Å²) in [5, 5.41) is 6.33. The van der Waals surface area contributed by atoms with Gasteiger partial charge in [0.2, 0.25) is 5.91 Å². The first-order valence-corrected chi connectivity index (χ1v) is 5.50. The number of anilines is 1. The minimum Gasteiger partial charge on any atom is -0.373 e. The number of carbonyl (C=O) groups excluding carboxylic acids is 1. The summed E-state index contributed by atoms with van der Waals surface area (Å²) in [6, 6.07) is 7.72. The zero-order valence-corrected chi connectivity index (χ0v) is 9.55. The van der Waals surface area contributed by atoms with E-state index in [4.69, 9.17) is 11.6 Å². The summed E-state index contributed by atoms with van der Waals surface area (Å²) in [5.74, 6) is -0.0435. The molecule has 0 aliphatic carbocycles. The van der Waals surface area contributed by atoms with E-state index in [2.05, 4.69) is 17.2 Å². The van der Waals surface area contributed by atoms with Gasteiger partial charge in [-0.1, -0.05) is 36.4 Å². The minimum absolute atomic E-state index is 0.0435. The Kier molecular flexibility index (Phi) is 3.15. The van der Waals surface area contributed by atoms with Gasteiger partial charge in [0.1, 0.15) is 6.04 Å². The van der Waals surface area contributed by atoms with E-state index < -0.39 is 0 Å². The van der Waals surface area contributed by atoms with Gasteiger partial charge < -0.3 is 10.6 Å². The molecule has 1 aliphatic rings. The van der Waals surface area contributed by atoms with Crippen LogP contribution < -0.4 is 10.6 Å². The average Bonchev–Trinajstić information content (AvgIpc) is 2.69. The lowest BCUT2D eigenvalue weighted by molar-refractivity contribution is -0.121. The number of carbonyl (C=O) groups is 1. The molecule has 1 aliphatic heterocycles. The summed E-state index contributed by atoms with van der Waals surface area (Å²) in [7, 11) is 0. The predicted octanol–water partition coefficient (Wildman–Crippen LogP) is 1.89. The minimum atomic E-state index is -0.201. The van der Waals surface area contributed by atoms with Crippen molar-refractivity contribution in [2.75, 3.05) is 11.9 Å². The fourth-order valence-electron chi connectivity index (χ4n) is 1.76. The van der Waals surface area contributed by atoms with Crippen LogP contribution in [0.3, 0.4) is 0 Å². The normalized spacial score (nSPS) is 17.4. The van der Waals surface area contributed by atoms with Gasteiger partial charge in [-0.05, 0) is 11.6 Å². The van der Waals surface area contributed by atoms with Gasteiger partial charge in [0.15, 0.2) is 0 Å². The van der Waals surface area contributed by atoms with E-state index in [0.29, 0.717) is 11.6 Å². The van der Waals surface area contributed by atoms with Crippen molar-refractivity contribution >= 4 is 23.2 Å². The lowest BCUT2D eigenvalue weighted by Crippen LogP contribution is -2.38. The van der Waals surface area contributed by atoms with Crippen LogP contribution >= 0.6 is 11.6 Å². The van der Waals surface area contributed by atoms with Gasteiger partial charge in [0, 0.05) is 17.1 Å². The Morgan fingerprint density at radius 1 is 1.56 bits per heavy atom. The summed E-state index contributed by atoms with van der Waals surface area (Å²) in [6.45, 7) is 3.84. The monoisotopic (exact) mass is 236 g/mol. The molecular formula is C12H13ClN2O. The van der Waals surface area contributed by atoms with Crippen molar-refractivity contribution in [3.8, 4) is 0 Å². The van der Waals surface area contributed by atoms with Crippen molar-refractivity contribution in [3.63, 3.8) is 0 Å². The number of hydrogen-bond acceptors (Lipinski definition) is 2. The molecule has 0 unspecified atom stereocenters. The zero-order chi connectivity index (χ0) is 11.5. The fraction of sp³-hybridized carbons (Fsp3) is 0.250. The van der Waals surface area contributed by atoms with E-state index in [9.17, 15) is 4.79 Å². The molecule has 0 aromatic heterocycles. The number of hydrogen-bond donors (Lipinski definition) is 2. The molecule has 0 radical (unpaired) electrons. The highest BCUT2D eigenvalue weighted by atomic mass is 35.5. The molecule has 2 N–H and O–H groups in total. The quantitative estimate of drug-likeness (QED) is 0.842. The Balaban J connectivity index is 1.96. The number of halogens is 1. The number of benzene rings is 1. The number of rotatable bonds is 3. The standard InChI is InChI=1S/C12H13ClN2O/c1-8(13)7-14-12(16)11-6-9-4-2-3-5-10(9)15-11/h2-5,11,15H,1,6-7H2,(H,14,16)/t11-/m0/s1. The molecule has 4 heteroatoms. The highest BCUT2D eigenvalue weighted by Gasteiger charge is 2.25. The first-order valence-electron chi connectivity index (χ1n) is 5.12. The zero-order valence-electron chi connectivity index (χ0n) is 8.79. The smallest absolute Gasteiger partial charge is 0.243 e. The number of amides is 1. The van der Waals surface area contributed by atoms with Crippen LogP contribution in [0.1, 0.15) is 5.56 Å². The Hall–Kier alpha value is -1.48. The molecule has 2 rings (SSSR count). The second-order valence-electron chi connectivity index (χ2n) is 3.79. The maximum absolute atomic E-state index is 11.7. The summed E-state index contributed by atoms with van der Waals surface area (Å²) < 4.78 is 0. The maximum Gasteiger partial charge on any atom is 0.243 e. The molecule has 0 saturated carbocycles. The van der Waals surface area contributed by atoms with Crippen LogP contribution in [-0.4, -0.2) is 18.5 Å². The Labute approximate surface area is 99.5 Å². The van der Waals surface area contributed by atoms with Crippen molar-refractivity contribution in [1.82, 2.24) is 5.32 Å². The van der Waals surface area contributed by atoms with Crippen molar-refractivity contribution in [3.05, 3.63) is 41.4 Å². The topological polar surface area (TPSA) is 41.1 Å². The number of para-hydroxylation sites is 1. The molecule has 0 bridgehead atoms. The molecule has 16 heavy (non-hydrogen) atoms. The van der Waals surface area contributed by atoms with Crippen LogP contribution in [0.25, 0.3) is 0 Å². The molecule has 1 heterocycles. The fourth-order valence-corrected chi connectivity index (χ4v) is 1.83. The average molecular weight is 237 g/mol. The molecule has 0 fully saturated rings. The van der Waals surface area contributed by atoms with Crippen molar-refractivity contribution in [1.29, 1.82) is 0 Å². The van der Waals surface area contributed by atoms with Gasteiger partial charge in [-0.3, -0.25) is 4.79 Å². The predicted molar refractivity (Wildman–Crippen MR) is 65.6 cm³/mol. The van der Waals surface area contributed by atoms with Gasteiger partial charge in [0.05, 0.1) is 6.54 Å². The van der Waals surface area contributed by atoms with Gasteiger partial charge in [-0.25, -0.2) is 0 Å². The molecule has 1 atom stereocenters. The second kappa shape index (κ2) is 4.58. The third-order valence-electron chi connectivity index (χ3n) is 2.54. The Bertz CT molecular complexity index is 406. The Morgan fingerprint density at radius 2 is 2.31 bits per heavy atom. The van der Waals surface area contributed by atoms with Crippen LogP contribution in [-0.2, 0) is 11.2 Å². The summed E-state index contributed by atoms with van der Waals surface area (Å²) in [6.07, 6.45) is 0.719. The van der Waals surface area contributed by atoms with Crippen LogP contribution in [0.5, 0.6) is 0 Å². The number of fused-ring (bicyclic) bond motifs is 1. The molecule has 0 spiro atoms. The first kappa shape index (κ1) is 11.0. The molecule has 84 valence electrons. The molecule has 0 saturated heterocycles. The van der Waals surface area contributed by atoms with Gasteiger partial charge in [-0.2, -0.15) is 0 Å². The van der Waals surface area contributed by atoms with E-state index in [1.165, 1.54) is 5.56 Å². The van der Waals surface area contributed by atoms with Gasteiger partial charge >= 0.3 is 0 Å². The van der Waals surface area contributed by atoms with Crippen LogP contribution in [0.2, 0.25) is 0 Å². The SMILES string of the molecule is C=C(Cl)CNC(=O)[C@@H]1Cc2ccccc2N1. The van der Waals surface area contributed by atoms with Gasteiger partial charge in [-0.15, -0.1) is 0 Å². The lowest BCUT2D eigenvalue weighted by Gasteiger charge is -2.11. The van der Waals surface area contributed by atoms with E-state index >= 15 is 0 Å². The Morgan fingerprint density at radius 3 is 3.00 bits per heavy atom. The lowest BCUT2D eigenvalue weighted by atomic mass is 10.1. The third kappa shape index (κ3) is 2.36.